The predicted molar refractivity (Wildman–Crippen MR) is 74.5 cm³/mol. The van der Waals surface area contributed by atoms with Crippen molar-refractivity contribution in [3.63, 3.8) is 0 Å². The average molecular weight is 355 g/mol. The molecule has 0 fully saturated rings. The molecule has 84 valence electrons. The molecule has 1 aromatic rings. The molecule has 0 heterocycles. The summed E-state index contributed by atoms with van der Waals surface area (Å²) in [5, 5.41) is 0.0897. The molecule has 1 aromatic carbocycles. The van der Waals surface area contributed by atoms with Gasteiger partial charge in [-0.1, -0.05) is 58.5 Å². The van der Waals surface area contributed by atoms with E-state index in [1.165, 1.54) is 5.56 Å². The molecule has 0 radical (unpaired) electrons. The van der Waals surface area contributed by atoms with Crippen LogP contribution in [0, 0.1) is 5.92 Å². The molecular weight excluding hydrogens is 339 g/mol. The van der Waals surface area contributed by atoms with Crippen LogP contribution in [0.3, 0.4) is 0 Å². The van der Waals surface area contributed by atoms with Crippen molar-refractivity contribution in [2.24, 2.45) is 5.92 Å². The Hall–Kier alpha value is 0.470. The fourth-order valence-corrected chi connectivity index (χ4v) is 3.22. The zero-order chi connectivity index (χ0) is 11.4. The Morgan fingerprint density at radius 2 is 1.80 bits per heavy atom. The molecule has 0 saturated carbocycles. The van der Waals surface area contributed by atoms with Crippen LogP contribution >= 0.6 is 43.5 Å². The maximum atomic E-state index is 6.50. The van der Waals surface area contributed by atoms with Crippen LogP contribution in [0.2, 0.25) is 0 Å². The van der Waals surface area contributed by atoms with Crippen LogP contribution in [0.5, 0.6) is 0 Å². The van der Waals surface area contributed by atoms with E-state index in [-0.39, 0.29) is 5.38 Å². The summed E-state index contributed by atoms with van der Waals surface area (Å²) in [6, 6.07) is 6.15. The number of alkyl halides is 1. The summed E-state index contributed by atoms with van der Waals surface area (Å²) >= 11 is 13.5. The highest BCUT2D eigenvalue weighted by Gasteiger charge is 2.20. The Morgan fingerprint density at radius 3 is 2.33 bits per heavy atom. The second-order valence-electron chi connectivity index (χ2n) is 3.64. The first-order valence-corrected chi connectivity index (χ1v) is 7.21. The molecule has 0 amide bonds. The van der Waals surface area contributed by atoms with Gasteiger partial charge in [-0.15, -0.1) is 11.6 Å². The van der Waals surface area contributed by atoms with E-state index in [1.54, 1.807) is 0 Å². The van der Waals surface area contributed by atoms with Gasteiger partial charge in [0.05, 0.1) is 5.38 Å². The Kier molecular flexibility index (Phi) is 5.65. The number of hydrogen-bond donors (Lipinski definition) is 0. The fraction of sp³-hybridized carbons (Fsp3) is 0.500. The molecule has 0 aliphatic carbocycles. The lowest BCUT2D eigenvalue weighted by Crippen LogP contribution is -2.06. The summed E-state index contributed by atoms with van der Waals surface area (Å²) in [6.45, 7) is 4.38. The molecular formula is C12H15Br2Cl. The molecule has 0 saturated heterocycles. The third kappa shape index (κ3) is 3.47. The van der Waals surface area contributed by atoms with Gasteiger partial charge in [-0.25, -0.2) is 0 Å². The first-order chi connectivity index (χ1) is 7.10. The van der Waals surface area contributed by atoms with E-state index in [4.69, 9.17) is 11.6 Å². The van der Waals surface area contributed by atoms with Crippen molar-refractivity contribution < 1.29 is 0 Å². The highest BCUT2D eigenvalue weighted by Crippen LogP contribution is 2.38. The van der Waals surface area contributed by atoms with E-state index >= 15 is 0 Å². The molecule has 1 unspecified atom stereocenters. The average Bonchev–Trinajstić information content (AvgIpc) is 2.23. The summed E-state index contributed by atoms with van der Waals surface area (Å²) in [7, 11) is 0. The summed E-state index contributed by atoms with van der Waals surface area (Å²) in [4.78, 5) is 0. The van der Waals surface area contributed by atoms with Crippen molar-refractivity contribution in [1.82, 2.24) is 0 Å². The van der Waals surface area contributed by atoms with Gasteiger partial charge in [0.25, 0.3) is 0 Å². The van der Waals surface area contributed by atoms with Gasteiger partial charge in [0.1, 0.15) is 0 Å². The molecule has 0 aromatic heterocycles. The highest BCUT2D eigenvalue weighted by atomic mass is 79.9. The van der Waals surface area contributed by atoms with Crippen LogP contribution in [0.15, 0.2) is 27.1 Å². The second-order valence-corrected chi connectivity index (χ2v) is 5.88. The highest BCUT2D eigenvalue weighted by molar-refractivity contribution is 9.11. The lowest BCUT2D eigenvalue weighted by atomic mass is 9.94. The topological polar surface area (TPSA) is 0 Å². The van der Waals surface area contributed by atoms with E-state index in [9.17, 15) is 0 Å². The Balaban J connectivity index is 2.98. The van der Waals surface area contributed by atoms with Crippen molar-refractivity contribution in [3.05, 3.63) is 32.7 Å². The molecule has 15 heavy (non-hydrogen) atoms. The maximum Gasteiger partial charge on any atom is 0.0624 e. The van der Waals surface area contributed by atoms with E-state index in [1.807, 2.05) is 12.1 Å². The maximum absolute atomic E-state index is 6.50. The molecule has 0 aliphatic rings. The van der Waals surface area contributed by atoms with Crippen LogP contribution in [0.1, 0.15) is 37.6 Å². The van der Waals surface area contributed by atoms with Gasteiger partial charge in [-0.05, 0) is 29.7 Å². The van der Waals surface area contributed by atoms with Gasteiger partial charge in [0, 0.05) is 8.95 Å². The molecule has 1 rings (SSSR count). The summed E-state index contributed by atoms with van der Waals surface area (Å²) < 4.78 is 2.18. The third-order valence-corrected chi connectivity index (χ3v) is 4.52. The van der Waals surface area contributed by atoms with Gasteiger partial charge in [0.15, 0.2) is 0 Å². The smallest absolute Gasteiger partial charge is 0.0624 e. The quantitative estimate of drug-likeness (QED) is 0.588. The van der Waals surface area contributed by atoms with Crippen molar-refractivity contribution in [3.8, 4) is 0 Å². The summed E-state index contributed by atoms with van der Waals surface area (Å²) in [5.74, 6) is 0.539. The monoisotopic (exact) mass is 352 g/mol. The van der Waals surface area contributed by atoms with Crippen LogP contribution < -0.4 is 0 Å². The third-order valence-electron chi connectivity index (χ3n) is 2.72. The van der Waals surface area contributed by atoms with Gasteiger partial charge in [0.2, 0.25) is 0 Å². The number of hydrogen-bond acceptors (Lipinski definition) is 0. The zero-order valence-electron chi connectivity index (χ0n) is 8.93. The van der Waals surface area contributed by atoms with Crippen LogP contribution in [-0.2, 0) is 0 Å². The van der Waals surface area contributed by atoms with Crippen LogP contribution in [0.4, 0.5) is 0 Å². The normalized spacial score (nSPS) is 13.2. The molecule has 3 heteroatoms. The largest absolute Gasteiger partial charge is 0.117 e. The Labute approximate surface area is 114 Å². The number of benzene rings is 1. The predicted octanol–water partition coefficient (Wildman–Crippen LogP) is 5.93. The Morgan fingerprint density at radius 1 is 1.20 bits per heavy atom. The van der Waals surface area contributed by atoms with E-state index in [0.29, 0.717) is 5.92 Å². The summed E-state index contributed by atoms with van der Waals surface area (Å²) in [6.07, 6.45) is 2.23. The van der Waals surface area contributed by atoms with E-state index in [0.717, 1.165) is 21.8 Å². The molecule has 0 spiro atoms. The zero-order valence-corrected chi connectivity index (χ0v) is 12.9. The van der Waals surface area contributed by atoms with Crippen molar-refractivity contribution in [2.45, 2.75) is 32.1 Å². The summed E-state index contributed by atoms with van der Waals surface area (Å²) in [5.41, 5.74) is 1.18. The minimum atomic E-state index is 0.0897. The standard InChI is InChI=1S/C12H15Br2Cl/c1-3-8(4-2)12(15)10-7-9(13)5-6-11(10)14/h5-8,12H,3-4H2,1-2H3. The van der Waals surface area contributed by atoms with Crippen molar-refractivity contribution in [2.75, 3.05) is 0 Å². The van der Waals surface area contributed by atoms with Gasteiger partial charge < -0.3 is 0 Å². The van der Waals surface area contributed by atoms with Gasteiger partial charge in [-0.3, -0.25) is 0 Å². The lowest BCUT2D eigenvalue weighted by Gasteiger charge is -2.20. The van der Waals surface area contributed by atoms with E-state index < -0.39 is 0 Å². The molecule has 1 atom stereocenters. The van der Waals surface area contributed by atoms with E-state index in [2.05, 4.69) is 51.8 Å². The van der Waals surface area contributed by atoms with Crippen molar-refractivity contribution >= 4 is 43.5 Å². The first kappa shape index (κ1) is 13.5. The number of halogens is 3. The van der Waals surface area contributed by atoms with Crippen LogP contribution in [0.25, 0.3) is 0 Å². The SMILES string of the molecule is CCC(CC)C(Cl)c1cc(Br)ccc1Br. The molecule has 0 nitrogen and oxygen atoms in total. The lowest BCUT2D eigenvalue weighted by molar-refractivity contribution is 0.475. The molecule has 0 N–H and O–H groups in total. The fourth-order valence-electron chi connectivity index (χ4n) is 1.68. The Bertz CT molecular complexity index is 321. The van der Waals surface area contributed by atoms with Crippen LogP contribution in [-0.4, -0.2) is 0 Å². The number of rotatable bonds is 4. The minimum absolute atomic E-state index is 0.0897. The van der Waals surface area contributed by atoms with Gasteiger partial charge in [-0.2, -0.15) is 0 Å². The molecule has 0 bridgehead atoms. The van der Waals surface area contributed by atoms with Crippen molar-refractivity contribution in [1.29, 1.82) is 0 Å². The molecule has 0 aliphatic heterocycles. The minimum Gasteiger partial charge on any atom is -0.117 e. The first-order valence-electron chi connectivity index (χ1n) is 5.19. The second kappa shape index (κ2) is 6.27. The van der Waals surface area contributed by atoms with Gasteiger partial charge >= 0.3 is 0 Å².